The first-order valence-corrected chi connectivity index (χ1v) is 9.68. The van der Waals surface area contributed by atoms with Crippen molar-refractivity contribution in [1.82, 2.24) is 9.88 Å². The maximum atomic E-state index is 5.79. The predicted molar refractivity (Wildman–Crippen MR) is 103 cm³/mol. The summed E-state index contributed by atoms with van der Waals surface area (Å²) in [5, 5.41) is 1.73. The van der Waals surface area contributed by atoms with E-state index in [9.17, 15) is 0 Å². The molecule has 0 bridgehead atoms. The zero-order valence-electron chi connectivity index (χ0n) is 14.8. The number of nitrogens with zero attached hydrogens (tertiary/aromatic N) is 3. The third-order valence-corrected chi connectivity index (χ3v) is 5.58. The Morgan fingerprint density at radius 2 is 1.96 bits per heavy atom. The van der Waals surface area contributed by atoms with Gasteiger partial charge in [-0.15, -0.1) is 0 Å². The molecule has 4 nitrogen and oxygen atoms in total. The van der Waals surface area contributed by atoms with Crippen LogP contribution < -0.4 is 4.74 Å². The summed E-state index contributed by atoms with van der Waals surface area (Å²) in [7, 11) is 0. The zero-order valence-corrected chi connectivity index (χ0v) is 15.6. The number of amidine groups is 1. The Balaban J connectivity index is 1.67. The number of hydrogen-bond acceptors (Lipinski definition) is 5. The molecule has 130 valence electrons. The number of aromatic nitrogens is 1. The van der Waals surface area contributed by atoms with E-state index in [1.54, 1.807) is 0 Å². The molecule has 2 aliphatic rings. The molecule has 0 spiro atoms. The average molecular weight is 353 g/mol. The first-order valence-electron chi connectivity index (χ1n) is 8.80. The van der Waals surface area contributed by atoms with Crippen molar-refractivity contribution >= 4 is 16.9 Å². The van der Waals surface area contributed by atoms with Gasteiger partial charge in [0, 0.05) is 18.0 Å². The molecule has 1 saturated heterocycles. The highest BCUT2D eigenvalue weighted by atomic mass is 32.2. The first kappa shape index (κ1) is 16.5. The van der Waals surface area contributed by atoms with Crippen molar-refractivity contribution < 1.29 is 4.74 Å². The summed E-state index contributed by atoms with van der Waals surface area (Å²) in [5.41, 5.74) is 2.30. The number of thioether (sulfide) groups is 1. The molecule has 0 N–H and O–H groups in total. The van der Waals surface area contributed by atoms with Gasteiger partial charge in [-0.2, -0.15) is 0 Å². The van der Waals surface area contributed by atoms with Crippen LogP contribution in [0.25, 0.3) is 0 Å². The molecule has 2 aromatic rings. The lowest BCUT2D eigenvalue weighted by Gasteiger charge is -2.27. The number of hydrogen-bond donors (Lipinski definition) is 0. The molecule has 25 heavy (non-hydrogen) atoms. The Kier molecular flexibility index (Phi) is 4.42. The van der Waals surface area contributed by atoms with Crippen LogP contribution in [0.3, 0.4) is 0 Å². The van der Waals surface area contributed by atoms with E-state index >= 15 is 0 Å². The van der Waals surface area contributed by atoms with E-state index < -0.39 is 0 Å². The zero-order chi connectivity index (χ0) is 17.4. The van der Waals surface area contributed by atoms with Crippen molar-refractivity contribution in [3.8, 4) is 5.75 Å². The minimum atomic E-state index is 0.0491. The van der Waals surface area contributed by atoms with Gasteiger partial charge in [0.25, 0.3) is 0 Å². The lowest BCUT2D eigenvalue weighted by molar-refractivity contribution is 0.242. The van der Waals surface area contributed by atoms with Crippen LogP contribution in [0.2, 0.25) is 0 Å². The SMILES string of the molecule is CC(C)Oc1ccc([C@@H]2[C@H](c3ccccn3)N=C3S[C@H](C)CN32)cc1. The molecule has 2 aliphatic heterocycles. The lowest BCUT2D eigenvalue weighted by atomic mass is 9.96. The fraction of sp³-hybridized carbons (Fsp3) is 0.400. The van der Waals surface area contributed by atoms with E-state index in [2.05, 4.69) is 47.1 Å². The van der Waals surface area contributed by atoms with Crippen LogP contribution in [-0.4, -0.2) is 33.0 Å². The van der Waals surface area contributed by atoms with E-state index in [1.807, 2.05) is 43.9 Å². The lowest BCUT2D eigenvalue weighted by Crippen LogP contribution is -2.28. The van der Waals surface area contributed by atoms with Gasteiger partial charge in [-0.25, -0.2) is 0 Å². The predicted octanol–water partition coefficient (Wildman–Crippen LogP) is 4.46. The minimum absolute atomic E-state index is 0.0491. The second-order valence-electron chi connectivity index (χ2n) is 6.87. The third kappa shape index (κ3) is 3.25. The summed E-state index contributed by atoms with van der Waals surface area (Å²) in [4.78, 5) is 12.0. The number of aliphatic imine (C=N–C) groups is 1. The standard InChI is InChI=1S/C20H23N3OS/c1-13(2)24-16-9-7-15(8-10-16)19-18(17-6-4-5-11-21-17)22-20-23(19)12-14(3)25-20/h4-11,13-14,18-19H,12H2,1-3H3/t14-,18+,19-/m1/s1. The van der Waals surface area contributed by atoms with Crippen LogP contribution in [-0.2, 0) is 0 Å². The van der Waals surface area contributed by atoms with Crippen molar-refractivity contribution in [2.75, 3.05) is 6.54 Å². The second-order valence-corrected chi connectivity index (χ2v) is 8.28. The van der Waals surface area contributed by atoms with Crippen LogP contribution in [0.4, 0.5) is 0 Å². The van der Waals surface area contributed by atoms with Gasteiger partial charge in [-0.1, -0.05) is 36.9 Å². The van der Waals surface area contributed by atoms with Gasteiger partial charge in [0.2, 0.25) is 0 Å². The van der Waals surface area contributed by atoms with Crippen LogP contribution in [0.15, 0.2) is 53.7 Å². The molecule has 3 heterocycles. The number of benzene rings is 1. The monoisotopic (exact) mass is 353 g/mol. The fourth-order valence-electron chi connectivity index (χ4n) is 3.49. The number of fused-ring (bicyclic) bond motifs is 1. The molecule has 5 heteroatoms. The maximum Gasteiger partial charge on any atom is 0.160 e. The highest BCUT2D eigenvalue weighted by Gasteiger charge is 2.43. The fourth-order valence-corrected chi connectivity index (χ4v) is 4.59. The molecule has 1 fully saturated rings. The Hall–Kier alpha value is -2.01. The minimum Gasteiger partial charge on any atom is -0.491 e. The van der Waals surface area contributed by atoms with Crippen LogP contribution >= 0.6 is 11.8 Å². The molecular weight excluding hydrogens is 330 g/mol. The van der Waals surface area contributed by atoms with Crippen LogP contribution in [0.1, 0.15) is 44.1 Å². The highest BCUT2D eigenvalue weighted by Crippen LogP contribution is 2.47. The van der Waals surface area contributed by atoms with Gasteiger partial charge in [0.15, 0.2) is 5.17 Å². The van der Waals surface area contributed by atoms with Crippen LogP contribution in [0, 0.1) is 0 Å². The third-order valence-electron chi connectivity index (χ3n) is 4.47. The van der Waals surface area contributed by atoms with E-state index in [-0.39, 0.29) is 18.2 Å². The van der Waals surface area contributed by atoms with Crippen molar-refractivity contribution in [3.63, 3.8) is 0 Å². The molecule has 1 aromatic heterocycles. The molecule has 4 rings (SSSR count). The molecule has 0 unspecified atom stereocenters. The summed E-state index contributed by atoms with van der Waals surface area (Å²) in [5.74, 6) is 0.913. The van der Waals surface area contributed by atoms with Gasteiger partial charge in [-0.05, 0) is 43.7 Å². The molecule has 0 saturated carbocycles. The van der Waals surface area contributed by atoms with Gasteiger partial charge >= 0.3 is 0 Å². The summed E-state index contributed by atoms with van der Waals surface area (Å²) >= 11 is 1.87. The normalized spacial score (nSPS) is 25.2. The number of ether oxygens (including phenoxy) is 1. The van der Waals surface area contributed by atoms with E-state index in [0.29, 0.717) is 5.25 Å². The summed E-state index contributed by atoms with van der Waals surface area (Å²) in [6, 6.07) is 14.8. The average Bonchev–Trinajstić information content (AvgIpc) is 3.12. The van der Waals surface area contributed by atoms with Crippen molar-refractivity contribution in [1.29, 1.82) is 0 Å². The number of pyridine rings is 1. The molecule has 0 radical (unpaired) electrons. The molecule has 0 amide bonds. The smallest absolute Gasteiger partial charge is 0.160 e. The molecule has 3 atom stereocenters. The summed E-state index contributed by atoms with van der Waals surface area (Å²) in [6.07, 6.45) is 2.04. The second kappa shape index (κ2) is 6.71. The highest BCUT2D eigenvalue weighted by molar-refractivity contribution is 8.14. The number of rotatable bonds is 4. The first-order chi connectivity index (χ1) is 12.1. The van der Waals surface area contributed by atoms with Crippen LogP contribution in [0.5, 0.6) is 5.75 Å². The van der Waals surface area contributed by atoms with Gasteiger partial charge in [0.05, 0.1) is 17.8 Å². The quantitative estimate of drug-likeness (QED) is 0.813. The van der Waals surface area contributed by atoms with Gasteiger partial charge in [-0.3, -0.25) is 9.98 Å². The summed E-state index contributed by atoms with van der Waals surface area (Å²) < 4.78 is 5.79. The van der Waals surface area contributed by atoms with E-state index in [1.165, 1.54) is 5.56 Å². The molecular formula is C20H23N3OS. The Labute approximate surface area is 153 Å². The van der Waals surface area contributed by atoms with Gasteiger partial charge in [0.1, 0.15) is 11.8 Å². The maximum absolute atomic E-state index is 5.79. The van der Waals surface area contributed by atoms with Crippen molar-refractivity contribution in [2.45, 2.75) is 44.2 Å². The largest absolute Gasteiger partial charge is 0.491 e. The molecule has 1 aromatic carbocycles. The Morgan fingerprint density at radius 3 is 2.64 bits per heavy atom. The van der Waals surface area contributed by atoms with Crippen molar-refractivity contribution in [2.24, 2.45) is 4.99 Å². The van der Waals surface area contributed by atoms with Gasteiger partial charge < -0.3 is 9.64 Å². The molecule has 0 aliphatic carbocycles. The summed E-state index contributed by atoms with van der Waals surface area (Å²) in [6.45, 7) is 7.38. The Morgan fingerprint density at radius 1 is 1.16 bits per heavy atom. The Bertz CT molecular complexity index is 760. The van der Waals surface area contributed by atoms with E-state index in [4.69, 9.17) is 9.73 Å². The van der Waals surface area contributed by atoms with E-state index in [0.717, 1.165) is 23.2 Å². The van der Waals surface area contributed by atoms with Crippen molar-refractivity contribution in [3.05, 3.63) is 59.9 Å². The topological polar surface area (TPSA) is 37.7 Å².